The number of fused-ring (bicyclic) bond motifs is 2. The van der Waals surface area contributed by atoms with Gasteiger partial charge in [0.2, 0.25) is 5.91 Å². The summed E-state index contributed by atoms with van der Waals surface area (Å²) in [6.07, 6.45) is -7.54. The molecule has 1 aromatic rings. The molecule has 0 radical (unpaired) electrons. The van der Waals surface area contributed by atoms with Crippen molar-refractivity contribution in [3.63, 3.8) is 0 Å². The van der Waals surface area contributed by atoms with E-state index in [0.717, 1.165) is 12.3 Å². The Kier molecular flexibility index (Phi) is 7.31. The van der Waals surface area contributed by atoms with Gasteiger partial charge in [-0.15, -0.1) is 0 Å². The summed E-state index contributed by atoms with van der Waals surface area (Å²) < 4.78 is 91.6. The van der Waals surface area contributed by atoms with Crippen LogP contribution in [0.5, 0.6) is 0 Å². The van der Waals surface area contributed by atoms with E-state index in [1.165, 1.54) is 6.07 Å². The zero-order chi connectivity index (χ0) is 27.3. The fraction of sp³-hybridized carbons (Fsp3) is 0.760. The second-order valence-electron chi connectivity index (χ2n) is 11.0. The number of pyridine rings is 1. The lowest BCUT2D eigenvalue weighted by atomic mass is 9.80. The van der Waals surface area contributed by atoms with E-state index >= 15 is 0 Å². The number of halogens is 6. The first kappa shape index (κ1) is 27.4. The van der Waals surface area contributed by atoms with Gasteiger partial charge in [-0.2, -0.15) is 26.3 Å². The number of likely N-dealkylation sites (tertiary alicyclic amines) is 1. The predicted molar refractivity (Wildman–Crippen MR) is 124 cm³/mol. The standard InChI is InChI=1S/C25H32F6N4O3/c1-37-20-13-38-7-4-19(20)33-15-2-5-23(10-15,14-24(26,27)28)22(36)35-12-17-8-18(35)11-34(17)16-3-6-32-21(9-16)25(29,30)31/h3,6,9,15,17-20,33H,2,4-5,7-8,10-14H2,1H3/t15-,17+,18+,19+,20-,23+/m1/s1. The molecule has 7 nitrogen and oxygen atoms in total. The van der Waals surface area contributed by atoms with Crippen LogP contribution in [0.2, 0.25) is 0 Å². The van der Waals surface area contributed by atoms with E-state index in [0.29, 0.717) is 38.2 Å². The summed E-state index contributed by atoms with van der Waals surface area (Å²) in [6, 6.07) is 1.56. The zero-order valence-electron chi connectivity index (χ0n) is 21.0. The number of rotatable bonds is 6. The first-order valence-corrected chi connectivity index (χ1v) is 12.9. The fourth-order valence-electron chi connectivity index (χ4n) is 6.81. The third kappa shape index (κ3) is 5.46. The Bertz CT molecular complexity index is 1020. The van der Waals surface area contributed by atoms with Gasteiger partial charge >= 0.3 is 12.4 Å². The Balaban J connectivity index is 1.29. The average molecular weight is 551 g/mol. The number of methoxy groups -OCH3 is 1. The van der Waals surface area contributed by atoms with Crippen molar-refractivity contribution in [2.24, 2.45) is 5.41 Å². The van der Waals surface area contributed by atoms with Crippen molar-refractivity contribution >= 4 is 11.6 Å². The Morgan fingerprint density at radius 2 is 2.00 bits per heavy atom. The number of nitrogens with zero attached hydrogens (tertiary/aromatic N) is 3. The SMILES string of the molecule is CO[C@@H]1COCC[C@@H]1N[C@@H]1CC[C@](CC(F)(F)F)(C(=O)N2C[C@@H]3C[C@H]2CN3c2ccnc(C(F)(F)F)c2)C1. The van der Waals surface area contributed by atoms with E-state index in [9.17, 15) is 31.1 Å². The Hall–Kier alpha value is -2.12. The van der Waals surface area contributed by atoms with Crippen molar-refractivity contribution in [1.29, 1.82) is 0 Å². The summed E-state index contributed by atoms with van der Waals surface area (Å²) >= 11 is 0. The van der Waals surface area contributed by atoms with Crippen molar-refractivity contribution in [1.82, 2.24) is 15.2 Å². The van der Waals surface area contributed by atoms with E-state index < -0.39 is 35.8 Å². The molecule has 4 heterocycles. The molecule has 38 heavy (non-hydrogen) atoms. The molecule has 1 saturated carbocycles. The van der Waals surface area contributed by atoms with Crippen molar-refractivity contribution in [2.75, 3.05) is 38.3 Å². The van der Waals surface area contributed by atoms with Gasteiger partial charge in [0.05, 0.1) is 30.6 Å². The molecule has 1 N–H and O–H groups in total. The first-order valence-electron chi connectivity index (χ1n) is 12.9. The minimum absolute atomic E-state index is 0.0613. The quantitative estimate of drug-likeness (QED) is 0.545. The summed E-state index contributed by atoms with van der Waals surface area (Å²) in [5.41, 5.74) is -2.20. The van der Waals surface area contributed by atoms with Crippen LogP contribution in [-0.2, 0) is 20.4 Å². The highest BCUT2D eigenvalue weighted by Crippen LogP contribution is 2.49. The van der Waals surface area contributed by atoms with Crippen molar-refractivity contribution in [3.05, 3.63) is 24.0 Å². The number of hydrogen-bond donors (Lipinski definition) is 1. The van der Waals surface area contributed by atoms with Gasteiger partial charge in [-0.1, -0.05) is 0 Å². The van der Waals surface area contributed by atoms with Crippen molar-refractivity contribution in [2.45, 2.75) is 81.1 Å². The van der Waals surface area contributed by atoms with E-state index in [1.54, 1.807) is 16.9 Å². The Morgan fingerprint density at radius 3 is 2.66 bits per heavy atom. The molecule has 3 saturated heterocycles. The maximum Gasteiger partial charge on any atom is 0.433 e. The van der Waals surface area contributed by atoms with Crippen LogP contribution in [0, 0.1) is 5.41 Å². The van der Waals surface area contributed by atoms with Gasteiger partial charge in [0.15, 0.2) is 0 Å². The van der Waals surface area contributed by atoms with Gasteiger partial charge in [-0.05, 0) is 44.2 Å². The number of hydrogen-bond acceptors (Lipinski definition) is 6. The highest BCUT2D eigenvalue weighted by atomic mass is 19.4. The molecule has 0 unspecified atom stereocenters. The lowest BCUT2D eigenvalue weighted by Gasteiger charge is -2.41. The molecule has 5 rings (SSSR count). The van der Waals surface area contributed by atoms with Gasteiger partial charge in [-0.25, -0.2) is 0 Å². The molecule has 3 aliphatic heterocycles. The second-order valence-corrected chi connectivity index (χ2v) is 11.0. The number of piperazine rings is 1. The monoisotopic (exact) mass is 550 g/mol. The molecule has 1 amide bonds. The summed E-state index contributed by atoms with van der Waals surface area (Å²) in [5, 5.41) is 3.44. The van der Waals surface area contributed by atoms with Crippen LogP contribution >= 0.6 is 0 Å². The van der Waals surface area contributed by atoms with Crippen LogP contribution in [0.15, 0.2) is 18.3 Å². The van der Waals surface area contributed by atoms with Crippen molar-refractivity contribution < 1.29 is 40.6 Å². The summed E-state index contributed by atoms with van der Waals surface area (Å²) in [6.45, 7) is 1.41. The number of nitrogens with one attached hydrogen (secondary N) is 1. The minimum Gasteiger partial charge on any atom is -0.379 e. The molecule has 0 spiro atoms. The van der Waals surface area contributed by atoms with Crippen LogP contribution in [0.25, 0.3) is 0 Å². The van der Waals surface area contributed by atoms with E-state index in [4.69, 9.17) is 9.47 Å². The van der Waals surface area contributed by atoms with Gasteiger partial charge in [0.1, 0.15) is 5.69 Å². The number of alkyl halides is 6. The summed E-state index contributed by atoms with van der Waals surface area (Å²) in [4.78, 5) is 20.6. The Morgan fingerprint density at radius 1 is 1.21 bits per heavy atom. The number of amides is 1. The smallest absolute Gasteiger partial charge is 0.379 e. The summed E-state index contributed by atoms with van der Waals surface area (Å²) in [5.74, 6) is -0.493. The van der Waals surface area contributed by atoms with Crippen LogP contribution in [0.4, 0.5) is 32.0 Å². The molecule has 2 bridgehead atoms. The molecular weight excluding hydrogens is 518 g/mol. The number of aromatic nitrogens is 1. The predicted octanol–water partition coefficient (Wildman–Crippen LogP) is 3.77. The third-order valence-corrected chi connectivity index (χ3v) is 8.52. The Labute approximate surface area is 216 Å². The van der Waals surface area contributed by atoms with Gasteiger partial charge in [0, 0.05) is 56.8 Å². The molecule has 212 valence electrons. The lowest BCUT2D eigenvalue weighted by molar-refractivity contribution is -0.174. The van der Waals surface area contributed by atoms with E-state index in [2.05, 4.69) is 10.3 Å². The topological polar surface area (TPSA) is 66.9 Å². The van der Waals surface area contributed by atoms with Gasteiger partial charge < -0.3 is 24.6 Å². The number of ether oxygens (including phenoxy) is 2. The highest BCUT2D eigenvalue weighted by Gasteiger charge is 2.57. The van der Waals surface area contributed by atoms with Crippen LogP contribution in [0.3, 0.4) is 0 Å². The second kappa shape index (κ2) is 10.1. The lowest BCUT2D eigenvalue weighted by Crippen LogP contribution is -2.54. The largest absolute Gasteiger partial charge is 0.433 e. The molecule has 0 aromatic carbocycles. The minimum atomic E-state index is -4.58. The highest BCUT2D eigenvalue weighted by molar-refractivity contribution is 5.84. The van der Waals surface area contributed by atoms with Gasteiger partial charge in [0.25, 0.3) is 0 Å². The average Bonchev–Trinajstić information content (AvgIpc) is 3.58. The third-order valence-electron chi connectivity index (χ3n) is 8.52. The molecule has 6 atom stereocenters. The molecule has 13 heteroatoms. The normalized spacial score (nSPS) is 33.8. The number of carbonyl (C=O) groups excluding carboxylic acids is 1. The molecule has 1 aliphatic carbocycles. The van der Waals surface area contributed by atoms with Crippen LogP contribution < -0.4 is 10.2 Å². The molecule has 4 aliphatic rings. The number of anilines is 1. The number of carbonyl (C=O) groups is 1. The molecule has 4 fully saturated rings. The van der Waals surface area contributed by atoms with E-state index in [-0.39, 0.29) is 56.2 Å². The maximum atomic E-state index is 13.8. The van der Waals surface area contributed by atoms with Crippen LogP contribution in [0.1, 0.15) is 44.2 Å². The van der Waals surface area contributed by atoms with Crippen molar-refractivity contribution in [3.8, 4) is 0 Å². The van der Waals surface area contributed by atoms with Crippen LogP contribution in [-0.4, -0.2) is 85.7 Å². The zero-order valence-corrected chi connectivity index (χ0v) is 21.0. The fourth-order valence-corrected chi connectivity index (χ4v) is 6.81. The molecular formula is C25H32F6N4O3. The maximum absolute atomic E-state index is 13.8. The van der Waals surface area contributed by atoms with Gasteiger partial charge in [-0.3, -0.25) is 9.78 Å². The first-order chi connectivity index (χ1) is 17.9. The summed E-state index contributed by atoms with van der Waals surface area (Å²) in [7, 11) is 1.57. The molecule has 1 aromatic heterocycles. The van der Waals surface area contributed by atoms with E-state index in [1.807, 2.05) is 0 Å².